The third kappa shape index (κ3) is 3.20. The Bertz CT molecular complexity index is 1240. The number of amides is 1. The number of ether oxygens (including phenoxy) is 2. The van der Waals surface area contributed by atoms with E-state index in [0.29, 0.717) is 54.4 Å². The van der Waals surface area contributed by atoms with Crippen LogP contribution in [-0.4, -0.2) is 45.8 Å². The number of piperazine rings is 1. The summed E-state index contributed by atoms with van der Waals surface area (Å²) in [6.07, 6.45) is 0. The van der Waals surface area contributed by atoms with Crippen LogP contribution in [0.25, 0.3) is 11.1 Å². The SMILES string of the molecule is COc1ccccc1N1CCN(c2c(-c3ccc4c(c3)OCC(=O)N4)c(=O)c2=O)CC1. The van der Waals surface area contributed by atoms with Crippen molar-refractivity contribution in [3.05, 3.63) is 62.9 Å². The van der Waals surface area contributed by atoms with Crippen LogP contribution in [0.4, 0.5) is 17.1 Å². The van der Waals surface area contributed by atoms with Gasteiger partial charge in [-0.15, -0.1) is 0 Å². The monoisotopic (exact) mass is 419 g/mol. The largest absolute Gasteiger partial charge is 0.495 e. The van der Waals surface area contributed by atoms with Crippen LogP contribution in [0.1, 0.15) is 0 Å². The topological polar surface area (TPSA) is 88.2 Å². The second-order valence-corrected chi connectivity index (χ2v) is 7.58. The summed E-state index contributed by atoms with van der Waals surface area (Å²) in [6, 6.07) is 13.0. The molecule has 2 heterocycles. The number of hydrogen-bond acceptors (Lipinski definition) is 7. The number of rotatable bonds is 4. The third-order valence-corrected chi connectivity index (χ3v) is 5.81. The number of nitrogens with zero attached hydrogens (tertiary/aromatic N) is 2. The number of carbonyl (C=O) groups excluding carboxylic acids is 1. The van der Waals surface area contributed by atoms with E-state index in [-0.39, 0.29) is 12.5 Å². The second-order valence-electron chi connectivity index (χ2n) is 7.58. The molecule has 8 nitrogen and oxygen atoms in total. The van der Waals surface area contributed by atoms with E-state index in [4.69, 9.17) is 9.47 Å². The van der Waals surface area contributed by atoms with Crippen molar-refractivity contribution in [2.45, 2.75) is 0 Å². The lowest BCUT2D eigenvalue weighted by molar-refractivity contribution is -0.118. The van der Waals surface area contributed by atoms with Gasteiger partial charge in [-0.05, 0) is 29.8 Å². The van der Waals surface area contributed by atoms with Crippen molar-refractivity contribution in [2.75, 3.05) is 55.0 Å². The molecular formula is C23H21N3O5. The Labute approximate surface area is 178 Å². The van der Waals surface area contributed by atoms with Crippen LogP contribution < -0.4 is 35.4 Å². The van der Waals surface area contributed by atoms with Gasteiger partial charge in [0, 0.05) is 26.2 Å². The highest BCUT2D eigenvalue weighted by molar-refractivity contribution is 5.96. The Hall–Kier alpha value is -3.81. The maximum Gasteiger partial charge on any atom is 0.262 e. The summed E-state index contributed by atoms with van der Waals surface area (Å²) >= 11 is 0. The molecule has 3 aromatic carbocycles. The first kappa shape index (κ1) is 19.2. The molecule has 1 amide bonds. The van der Waals surface area contributed by atoms with E-state index in [2.05, 4.69) is 10.2 Å². The molecule has 0 aromatic heterocycles. The van der Waals surface area contributed by atoms with E-state index in [1.165, 1.54) is 0 Å². The van der Waals surface area contributed by atoms with Gasteiger partial charge in [-0.3, -0.25) is 14.4 Å². The third-order valence-electron chi connectivity index (χ3n) is 5.81. The molecule has 8 heteroatoms. The summed E-state index contributed by atoms with van der Waals surface area (Å²) in [5, 5.41) is 2.73. The van der Waals surface area contributed by atoms with Gasteiger partial charge in [-0.1, -0.05) is 18.2 Å². The van der Waals surface area contributed by atoms with Crippen LogP contribution in [-0.2, 0) is 4.79 Å². The maximum absolute atomic E-state index is 12.5. The van der Waals surface area contributed by atoms with Gasteiger partial charge in [-0.2, -0.15) is 0 Å². The Morgan fingerprint density at radius 1 is 0.935 bits per heavy atom. The van der Waals surface area contributed by atoms with Gasteiger partial charge in [0.05, 0.1) is 24.0 Å². The first-order valence-corrected chi connectivity index (χ1v) is 10.1. The average Bonchev–Trinajstić information content (AvgIpc) is 2.81. The van der Waals surface area contributed by atoms with Gasteiger partial charge in [-0.25, -0.2) is 0 Å². The standard InChI is InChI=1S/C23H21N3O5/c1-30-17-5-3-2-4-16(17)25-8-10-26(11-9-25)21-20(22(28)23(21)29)14-6-7-15-18(12-14)31-13-19(27)24-15/h2-7,12H,8-11,13H2,1H3,(H,24,27). The first-order chi connectivity index (χ1) is 15.1. The minimum atomic E-state index is -0.484. The van der Waals surface area contributed by atoms with Crippen molar-refractivity contribution in [2.24, 2.45) is 0 Å². The van der Waals surface area contributed by atoms with Crippen molar-refractivity contribution < 1.29 is 14.3 Å². The van der Waals surface area contributed by atoms with Gasteiger partial charge in [0.15, 0.2) is 6.61 Å². The summed E-state index contributed by atoms with van der Waals surface area (Å²) in [5.74, 6) is 1.09. The van der Waals surface area contributed by atoms with Crippen molar-refractivity contribution in [1.82, 2.24) is 0 Å². The van der Waals surface area contributed by atoms with Crippen LogP contribution in [0.15, 0.2) is 52.1 Å². The first-order valence-electron chi connectivity index (χ1n) is 10.1. The molecule has 1 saturated heterocycles. The maximum atomic E-state index is 12.5. The van der Waals surface area contributed by atoms with Crippen LogP contribution >= 0.6 is 0 Å². The lowest BCUT2D eigenvalue weighted by Crippen LogP contribution is -2.51. The zero-order chi connectivity index (χ0) is 21.5. The highest BCUT2D eigenvalue weighted by Crippen LogP contribution is 2.36. The van der Waals surface area contributed by atoms with E-state index in [9.17, 15) is 14.4 Å². The zero-order valence-electron chi connectivity index (χ0n) is 17.0. The molecule has 0 unspecified atom stereocenters. The summed E-state index contributed by atoms with van der Waals surface area (Å²) in [5.41, 5.74) is 2.15. The van der Waals surface area contributed by atoms with Crippen LogP contribution in [0.5, 0.6) is 11.5 Å². The average molecular weight is 419 g/mol. The molecule has 2 aliphatic heterocycles. The summed E-state index contributed by atoms with van der Waals surface area (Å²) < 4.78 is 10.9. The Morgan fingerprint density at radius 3 is 2.45 bits per heavy atom. The predicted molar refractivity (Wildman–Crippen MR) is 118 cm³/mol. The molecule has 31 heavy (non-hydrogen) atoms. The number of hydrogen-bond donors (Lipinski definition) is 1. The van der Waals surface area contributed by atoms with Crippen molar-refractivity contribution in [3.8, 4) is 22.6 Å². The number of anilines is 3. The molecule has 158 valence electrons. The molecular weight excluding hydrogens is 398 g/mol. The molecule has 3 aromatic rings. The Kier molecular flexibility index (Phi) is 4.62. The Balaban J connectivity index is 1.39. The fourth-order valence-electron chi connectivity index (χ4n) is 4.24. The van der Waals surface area contributed by atoms with E-state index in [0.717, 1.165) is 11.4 Å². The molecule has 0 radical (unpaired) electrons. The molecule has 1 fully saturated rings. The molecule has 5 rings (SSSR count). The van der Waals surface area contributed by atoms with E-state index in [1.54, 1.807) is 25.3 Å². The fourth-order valence-corrected chi connectivity index (χ4v) is 4.24. The molecule has 0 atom stereocenters. The number of para-hydroxylation sites is 2. The molecule has 2 aliphatic rings. The van der Waals surface area contributed by atoms with Gasteiger partial charge < -0.3 is 24.6 Å². The minimum Gasteiger partial charge on any atom is -0.495 e. The minimum absolute atomic E-state index is 0.0693. The lowest BCUT2D eigenvalue weighted by Gasteiger charge is -2.38. The van der Waals surface area contributed by atoms with Crippen molar-refractivity contribution >= 4 is 23.0 Å². The number of methoxy groups -OCH3 is 1. The second kappa shape index (κ2) is 7.46. The fraction of sp³-hybridized carbons (Fsp3) is 0.261. The summed E-state index contributed by atoms with van der Waals surface area (Å²) in [6.45, 7) is 2.58. The lowest BCUT2D eigenvalue weighted by atomic mass is 9.96. The highest BCUT2D eigenvalue weighted by atomic mass is 16.5. The van der Waals surface area contributed by atoms with Gasteiger partial charge in [0.2, 0.25) is 10.9 Å². The molecule has 0 bridgehead atoms. The molecule has 0 spiro atoms. The molecule has 0 aliphatic carbocycles. The number of benzene rings is 2. The zero-order valence-corrected chi connectivity index (χ0v) is 17.0. The van der Waals surface area contributed by atoms with Gasteiger partial charge in [0.25, 0.3) is 5.91 Å². The number of nitrogens with one attached hydrogen (secondary N) is 1. The quantitative estimate of drug-likeness (QED) is 0.643. The van der Waals surface area contributed by atoms with E-state index in [1.807, 2.05) is 29.2 Å². The Morgan fingerprint density at radius 2 is 1.68 bits per heavy atom. The summed E-state index contributed by atoms with van der Waals surface area (Å²) in [4.78, 5) is 40.6. The van der Waals surface area contributed by atoms with Crippen LogP contribution in [0, 0.1) is 0 Å². The normalized spacial score (nSPS) is 16.0. The highest BCUT2D eigenvalue weighted by Gasteiger charge is 2.30. The molecule has 1 N–H and O–H groups in total. The summed E-state index contributed by atoms with van der Waals surface area (Å²) in [7, 11) is 1.65. The van der Waals surface area contributed by atoms with Crippen molar-refractivity contribution in [1.29, 1.82) is 0 Å². The van der Waals surface area contributed by atoms with Gasteiger partial charge in [0.1, 0.15) is 17.2 Å². The van der Waals surface area contributed by atoms with Crippen molar-refractivity contribution in [3.63, 3.8) is 0 Å². The van der Waals surface area contributed by atoms with E-state index < -0.39 is 10.9 Å². The number of fused-ring (bicyclic) bond motifs is 1. The van der Waals surface area contributed by atoms with Crippen LogP contribution in [0.2, 0.25) is 0 Å². The molecule has 0 saturated carbocycles. The van der Waals surface area contributed by atoms with E-state index >= 15 is 0 Å². The predicted octanol–water partition coefficient (Wildman–Crippen LogP) is 1.62. The number of carbonyl (C=O) groups is 1. The van der Waals surface area contributed by atoms with Crippen LogP contribution in [0.3, 0.4) is 0 Å². The smallest absolute Gasteiger partial charge is 0.262 e. The van der Waals surface area contributed by atoms with Gasteiger partial charge >= 0.3 is 0 Å².